The van der Waals surface area contributed by atoms with Crippen molar-refractivity contribution < 1.29 is 19.8 Å². The van der Waals surface area contributed by atoms with Crippen LogP contribution in [-0.4, -0.2) is 22.2 Å². The molecule has 0 aromatic rings. The van der Waals surface area contributed by atoms with Gasteiger partial charge in [0.25, 0.3) is 0 Å². The van der Waals surface area contributed by atoms with Crippen molar-refractivity contribution in [2.24, 2.45) is 5.92 Å². The van der Waals surface area contributed by atoms with Gasteiger partial charge in [-0.3, -0.25) is 9.59 Å². The third kappa shape index (κ3) is 13.2. The van der Waals surface area contributed by atoms with Gasteiger partial charge in [-0.1, -0.05) is 51.9 Å². The Balaban J connectivity index is 3.66. The number of hydrogen-bond acceptors (Lipinski definition) is 2. The number of unbranched alkanes of at least 4 members (excludes halogenated alkanes) is 4. The van der Waals surface area contributed by atoms with E-state index in [0.717, 1.165) is 51.4 Å². The van der Waals surface area contributed by atoms with Crippen LogP contribution in [0.1, 0.15) is 77.6 Å². The Bertz CT molecular complexity index is 251. The van der Waals surface area contributed by atoms with Crippen molar-refractivity contribution in [1.82, 2.24) is 0 Å². The summed E-state index contributed by atoms with van der Waals surface area (Å²) in [6.07, 6.45) is 9.72. The fourth-order valence-corrected chi connectivity index (χ4v) is 2.32. The van der Waals surface area contributed by atoms with Gasteiger partial charge in [0, 0.05) is 12.8 Å². The monoisotopic (exact) mass is 272 g/mol. The highest BCUT2D eigenvalue weighted by Crippen LogP contribution is 2.22. The van der Waals surface area contributed by atoms with Gasteiger partial charge < -0.3 is 10.2 Å². The molecule has 0 aliphatic rings. The van der Waals surface area contributed by atoms with Crippen LogP contribution in [0.25, 0.3) is 0 Å². The van der Waals surface area contributed by atoms with E-state index in [4.69, 9.17) is 10.2 Å². The van der Waals surface area contributed by atoms with E-state index in [1.54, 1.807) is 0 Å². The molecule has 0 radical (unpaired) electrons. The Labute approximate surface area is 116 Å². The first-order valence-corrected chi connectivity index (χ1v) is 7.49. The standard InChI is InChI=1S/C15H28O4/c1-2-3-8-13(11-12-15(18)19)9-6-4-5-7-10-14(16)17/h13H,2-12H2,1H3,(H,16,17)(H,18,19). The molecular weight excluding hydrogens is 244 g/mol. The van der Waals surface area contributed by atoms with E-state index in [-0.39, 0.29) is 12.8 Å². The van der Waals surface area contributed by atoms with Gasteiger partial charge in [0.15, 0.2) is 0 Å². The van der Waals surface area contributed by atoms with Crippen LogP contribution in [0, 0.1) is 5.92 Å². The summed E-state index contributed by atoms with van der Waals surface area (Å²) in [5, 5.41) is 17.2. The summed E-state index contributed by atoms with van der Waals surface area (Å²) in [6, 6.07) is 0. The molecule has 0 aromatic carbocycles. The number of hydrogen-bond donors (Lipinski definition) is 2. The Morgan fingerprint density at radius 1 is 0.789 bits per heavy atom. The quantitative estimate of drug-likeness (QED) is 0.495. The van der Waals surface area contributed by atoms with Crippen LogP contribution >= 0.6 is 0 Å². The zero-order valence-electron chi connectivity index (χ0n) is 12.1. The van der Waals surface area contributed by atoms with Gasteiger partial charge in [0.2, 0.25) is 0 Å². The van der Waals surface area contributed by atoms with E-state index >= 15 is 0 Å². The van der Waals surface area contributed by atoms with E-state index in [1.165, 1.54) is 6.42 Å². The number of aliphatic carboxylic acids is 2. The molecule has 4 nitrogen and oxygen atoms in total. The predicted molar refractivity (Wildman–Crippen MR) is 75.2 cm³/mol. The fraction of sp³-hybridized carbons (Fsp3) is 0.867. The molecule has 2 N–H and O–H groups in total. The first kappa shape index (κ1) is 17.9. The maximum atomic E-state index is 10.6. The summed E-state index contributed by atoms with van der Waals surface area (Å²) >= 11 is 0. The number of carboxylic acid groups (broad SMARTS) is 2. The molecule has 0 rings (SSSR count). The lowest BCUT2D eigenvalue weighted by molar-refractivity contribution is -0.138. The van der Waals surface area contributed by atoms with Crippen molar-refractivity contribution in [3.8, 4) is 0 Å². The number of carbonyl (C=O) groups is 2. The molecule has 0 bridgehead atoms. The lowest BCUT2D eigenvalue weighted by atomic mass is 9.91. The van der Waals surface area contributed by atoms with Crippen LogP contribution in [0.3, 0.4) is 0 Å². The minimum atomic E-state index is -0.720. The van der Waals surface area contributed by atoms with Crippen molar-refractivity contribution in [2.75, 3.05) is 0 Å². The zero-order chi connectivity index (χ0) is 14.5. The van der Waals surface area contributed by atoms with E-state index in [9.17, 15) is 9.59 Å². The molecule has 4 heteroatoms. The van der Waals surface area contributed by atoms with Gasteiger partial charge in [-0.2, -0.15) is 0 Å². The second-order valence-electron chi connectivity index (χ2n) is 5.29. The highest BCUT2D eigenvalue weighted by Gasteiger charge is 2.10. The smallest absolute Gasteiger partial charge is 0.303 e. The molecule has 0 amide bonds. The van der Waals surface area contributed by atoms with Gasteiger partial charge in [0.1, 0.15) is 0 Å². The molecule has 0 heterocycles. The van der Waals surface area contributed by atoms with Gasteiger partial charge in [-0.05, 0) is 18.8 Å². The van der Waals surface area contributed by atoms with Gasteiger partial charge in [0.05, 0.1) is 0 Å². The largest absolute Gasteiger partial charge is 0.481 e. The molecule has 0 aliphatic heterocycles. The molecule has 112 valence electrons. The minimum Gasteiger partial charge on any atom is -0.481 e. The number of carboxylic acids is 2. The zero-order valence-corrected chi connectivity index (χ0v) is 12.1. The summed E-state index contributed by atoms with van der Waals surface area (Å²) in [7, 11) is 0. The van der Waals surface area contributed by atoms with Crippen molar-refractivity contribution in [3.63, 3.8) is 0 Å². The van der Waals surface area contributed by atoms with Gasteiger partial charge in [-0.25, -0.2) is 0 Å². The summed E-state index contributed by atoms with van der Waals surface area (Å²) in [6.45, 7) is 2.15. The summed E-state index contributed by atoms with van der Waals surface area (Å²) in [5.41, 5.74) is 0. The molecule has 1 unspecified atom stereocenters. The predicted octanol–water partition coefficient (Wildman–Crippen LogP) is 4.08. The Morgan fingerprint density at radius 3 is 1.95 bits per heavy atom. The van der Waals surface area contributed by atoms with Crippen molar-refractivity contribution in [3.05, 3.63) is 0 Å². The van der Waals surface area contributed by atoms with E-state index in [1.807, 2.05) is 0 Å². The van der Waals surface area contributed by atoms with Crippen LogP contribution in [0.4, 0.5) is 0 Å². The SMILES string of the molecule is CCCCC(CCCCCCC(=O)O)CCC(=O)O. The number of rotatable bonds is 13. The highest BCUT2D eigenvalue weighted by molar-refractivity contribution is 5.66. The van der Waals surface area contributed by atoms with Gasteiger partial charge in [-0.15, -0.1) is 0 Å². The van der Waals surface area contributed by atoms with Crippen molar-refractivity contribution in [1.29, 1.82) is 0 Å². The average Bonchev–Trinajstić information content (AvgIpc) is 2.35. The summed E-state index contributed by atoms with van der Waals surface area (Å²) in [5.74, 6) is -0.902. The minimum absolute atomic E-state index is 0.262. The fourth-order valence-electron chi connectivity index (χ4n) is 2.32. The van der Waals surface area contributed by atoms with E-state index < -0.39 is 11.9 Å². The van der Waals surface area contributed by atoms with Crippen LogP contribution in [0.5, 0.6) is 0 Å². The van der Waals surface area contributed by atoms with Crippen LogP contribution in [0.15, 0.2) is 0 Å². The maximum absolute atomic E-state index is 10.6. The summed E-state index contributed by atoms with van der Waals surface area (Å²) < 4.78 is 0. The molecule has 0 aromatic heterocycles. The molecule has 19 heavy (non-hydrogen) atoms. The molecule has 0 saturated heterocycles. The molecular formula is C15H28O4. The van der Waals surface area contributed by atoms with Gasteiger partial charge >= 0.3 is 11.9 Å². The normalized spacial score (nSPS) is 12.3. The average molecular weight is 272 g/mol. The molecule has 0 fully saturated rings. The van der Waals surface area contributed by atoms with Crippen LogP contribution < -0.4 is 0 Å². The maximum Gasteiger partial charge on any atom is 0.303 e. The third-order valence-corrected chi connectivity index (χ3v) is 3.49. The van der Waals surface area contributed by atoms with E-state index in [2.05, 4.69) is 6.92 Å². The highest BCUT2D eigenvalue weighted by atomic mass is 16.4. The van der Waals surface area contributed by atoms with Crippen LogP contribution in [0.2, 0.25) is 0 Å². The Hall–Kier alpha value is -1.06. The van der Waals surface area contributed by atoms with Crippen molar-refractivity contribution >= 4 is 11.9 Å². The molecule has 0 saturated carbocycles. The summed E-state index contributed by atoms with van der Waals surface area (Å²) in [4.78, 5) is 21.0. The lowest BCUT2D eigenvalue weighted by Gasteiger charge is -2.15. The molecule has 0 spiro atoms. The Kier molecular flexibility index (Phi) is 11.3. The second-order valence-corrected chi connectivity index (χ2v) is 5.29. The topological polar surface area (TPSA) is 74.6 Å². The Morgan fingerprint density at radius 2 is 1.37 bits per heavy atom. The lowest BCUT2D eigenvalue weighted by Crippen LogP contribution is -2.05. The first-order valence-electron chi connectivity index (χ1n) is 7.49. The second kappa shape index (κ2) is 12.0. The van der Waals surface area contributed by atoms with Crippen molar-refractivity contribution in [2.45, 2.75) is 77.6 Å². The molecule has 0 aliphatic carbocycles. The van der Waals surface area contributed by atoms with Crippen LogP contribution in [-0.2, 0) is 9.59 Å². The molecule has 1 atom stereocenters. The third-order valence-electron chi connectivity index (χ3n) is 3.49. The van der Waals surface area contributed by atoms with E-state index in [0.29, 0.717) is 5.92 Å². The first-order chi connectivity index (χ1) is 9.06.